The van der Waals surface area contributed by atoms with Crippen molar-refractivity contribution in [3.63, 3.8) is 0 Å². The molecule has 0 bridgehead atoms. The van der Waals surface area contributed by atoms with E-state index >= 15 is 0 Å². The van der Waals surface area contributed by atoms with Gasteiger partial charge in [-0.25, -0.2) is 4.79 Å². The van der Waals surface area contributed by atoms with Crippen LogP contribution in [0.3, 0.4) is 0 Å². The maximum Gasteiger partial charge on any atom is 0.407 e. The van der Waals surface area contributed by atoms with Gasteiger partial charge in [0.1, 0.15) is 5.60 Å². The summed E-state index contributed by atoms with van der Waals surface area (Å²) in [4.78, 5) is 22.6. The second-order valence-corrected chi connectivity index (χ2v) is 4.87. The number of hydrogen-bond acceptors (Lipinski definition) is 5. The zero-order valence-electron chi connectivity index (χ0n) is 11.5. The number of rotatable bonds is 6. The molecular weight excluding hydrogens is 238 g/mol. The van der Waals surface area contributed by atoms with Crippen molar-refractivity contribution in [2.24, 2.45) is 0 Å². The molecule has 1 atom stereocenters. The number of aliphatic hydroxyl groups is 1. The number of hydrogen-bond donors (Lipinski definition) is 2. The summed E-state index contributed by atoms with van der Waals surface area (Å²) in [5.74, 6) is -0.345. The lowest BCUT2D eigenvalue weighted by atomic mass is 10.1. The van der Waals surface area contributed by atoms with E-state index in [0.717, 1.165) is 0 Å². The number of amides is 1. The smallest absolute Gasteiger partial charge is 0.407 e. The van der Waals surface area contributed by atoms with E-state index in [2.05, 4.69) is 5.32 Å². The summed E-state index contributed by atoms with van der Waals surface area (Å²) >= 11 is 0. The minimum Gasteiger partial charge on any atom is -0.466 e. The predicted molar refractivity (Wildman–Crippen MR) is 66.1 cm³/mol. The molecule has 0 aliphatic rings. The predicted octanol–water partition coefficient (Wildman–Crippen LogP) is 1.22. The van der Waals surface area contributed by atoms with Gasteiger partial charge in [-0.1, -0.05) is 0 Å². The third-order valence-corrected chi connectivity index (χ3v) is 1.94. The van der Waals surface area contributed by atoms with Gasteiger partial charge in [0, 0.05) is 6.42 Å². The first-order valence-electron chi connectivity index (χ1n) is 6.04. The lowest BCUT2D eigenvalue weighted by Crippen LogP contribution is -2.41. The molecule has 1 amide bonds. The number of alkyl carbamates (subject to hydrolysis) is 1. The van der Waals surface area contributed by atoms with E-state index in [1.165, 1.54) is 0 Å². The average molecular weight is 261 g/mol. The Balaban J connectivity index is 4.03. The molecular formula is C12H23NO5. The Bertz CT molecular complexity index is 272. The highest BCUT2D eigenvalue weighted by Crippen LogP contribution is 2.07. The van der Waals surface area contributed by atoms with Gasteiger partial charge in [0.2, 0.25) is 0 Å². The van der Waals surface area contributed by atoms with Crippen molar-refractivity contribution in [1.29, 1.82) is 0 Å². The molecule has 0 aromatic heterocycles. The minimum absolute atomic E-state index is 0.148. The van der Waals surface area contributed by atoms with E-state index in [1.54, 1.807) is 27.7 Å². The van der Waals surface area contributed by atoms with Gasteiger partial charge in [-0.05, 0) is 34.1 Å². The number of carbonyl (C=O) groups is 2. The van der Waals surface area contributed by atoms with Crippen LogP contribution in [0, 0.1) is 0 Å². The summed E-state index contributed by atoms with van der Waals surface area (Å²) in [5.41, 5.74) is -0.592. The van der Waals surface area contributed by atoms with Gasteiger partial charge in [-0.2, -0.15) is 0 Å². The van der Waals surface area contributed by atoms with Crippen LogP contribution in [0.4, 0.5) is 4.79 Å². The zero-order valence-corrected chi connectivity index (χ0v) is 11.5. The van der Waals surface area contributed by atoms with Gasteiger partial charge in [-0.3, -0.25) is 4.79 Å². The molecule has 2 N–H and O–H groups in total. The molecule has 0 aliphatic heterocycles. The summed E-state index contributed by atoms with van der Waals surface area (Å²) in [6.45, 7) is 7.04. The highest BCUT2D eigenvalue weighted by Gasteiger charge is 2.19. The Morgan fingerprint density at radius 3 is 2.39 bits per heavy atom. The largest absolute Gasteiger partial charge is 0.466 e. The molecule has 6 heteroatoms. The van der Waals surface area contributed by atoms with Crippen LogP contribution >= 0.6 is 0 Å². The Morgan fingerprint density at radius 1 is 1.33 bits per heavy atom. The maximum atomic E-state index is 11.4. The van der Waals surface area contributed by atoms with Crippen molar-refractivity contribution in [3.05, 3.63) is 0 Å². The van der Waals surface area contributed by atoms with Gasteiger partial charge in [-0.15, -0.1) is 0 Å². The van der Waals surface area contributed by atoms with Crippen molar-refractivity contribution in [3.8, 4) is 0 Å². The fourth-order valence-corrected chi connectivity index (χ4v) is 1.21. The average Bonchev–Trinajstić information content (AvgIpc) is 2.22. The van der Waals surface area contributed by atoms with E-state index in [-0.39, 0.29) is 19.0 Å². The first kappa shape index (κ1) is 16.7. The van der Waals surface area contributed by atoms with Crippen LogP contribution in [0.15, 0.2) is 0 Å². The van der Waals surface area contributed by atoms with Crippen LogP contribution in [0.5, 0.6) is 0 Å². The second kappa shape index (κ2) is 7.92. The summed E-state index contributed by atoms with van der Waals surface area (Å²) in [6.07, 6.45) is -0.144. The summed E-state index contributed by atoms with van der Waals surface area (Å²) in [6, 6.07) is -0.510. The van der Waals surface area contributed by atoms with E-state index in [4.69, 9.17) is 14.6 Å². The standard InChI is InChI=1S/C12H23NO5/c1-5-17-10(15)7-6-9(8-14)13-11(16)18-12(2,3)4/h9,14H,5-8H2,1-4H3,(H,13,16). The van der Waals surface area contributed by atoms with Crippen molar-refractivity contribution in [1.82, 2.24) is 5.32 Å². The lowest BCUT2D eigenvalue weighted by molar-refractivity contribution is -0.143. The van der Waals surface area contributed by atoms with E-state index in [0.29, 0.717) is 13.0 Å². The van der Waals surface area contributed by atoms with Crippen molar-refractivity contribution >= 4 is 12.1 Å². The molecule has 0 aromatic rings. The van der Waals surface area contributed by atoms with Gasteiger partial charge in [0.25, 0.3) is 0 Å². The summed E-state index contributed by atoms with van der Waals surface area (Å²) in [5, 5.41) is 11.6. The van der Waals surface area contributed by atoms with Gasteiger partial charge < -0.3 is 19.9 Å². The highest BCUT2D eigenvalue weighted by atomic mass is 16.6. The molecule has 0 aliphatic carbocycles. The zero-order chi connectivity index (χ0) is 14.2. The van der Waals surface area contributed by atoms with Crippen LogP contribution in [0.25, 0.3) is 0 Å². The first-order valence-corrected chi connectivity index (χ1v) is 6.04. The molecule has 0 aromatic carbocycles. The number of esters is 1. The number of carbonyl (C=O) groups excluding carboxylic acids is 2. The van der Waals surface area contributed by atoms with Gasteiger partial charge in [0.15, 0.2) is 0 Å². The Hall–Kier alpha value is -1.30. The molecule has 0 saturated carbocycles. The van der Waals surface area contributed by atoms with Crippen molar-refractivity contribution in [2.45, 2.75) is 52.2 Å². The van der Waals surface area contributed by atoms with Crippen LogP contribution in [-0.2, 0) is 14.3 Å². The third-order valence-electron chi connectivity index (χ3n) is 1.94. The maximum absolute atomic E-state index is 11.4. The molecule has 106 valence electrons. The van der Waals surface area contributed by atoms with Crippen molar-refractivity contribution in [2.75, 3.05) is 13.2 Å². The number of ether oxygens (including phenoxy) is 2. The van der Waals surface area contributed by atoms with Crippen LogP contribution in [-0.4, -0.2) is 42.0 Å². The summed E-state index contributed by atoms with van der Waals surface area (Å²) < 4.78 is 9.80. The molecule has 0 saturated heterocycles. The second-order valence-electron chi connectivity index (χ2n) is 4.87. The molecule has 0 fully saturated rings. The molecule has 0 rings (SSSR count). The monoisotopic (exact) mass is 261 g/mol. The first-order chi connectivity index (χ1) is 8.28. The highest BCUT2D eigenvalue weighted by molar-refractivity contribution is 5.70. The van der Waals surface area contributed by atoms with Crippen LogP contribution in [0.1, 0.15) is 40.5 Å². The quantitative estimate of drug-likeness (QED) is 0.702. The van der Waals surface area contributed by atoms with E-state index in [9.17, 15) is 9.59 Å². The topological polar surface area (TPSA) is 84.9 Å². The molecule has 1 unspecified atom stereocenters. The molecule has 6 nitrogen and oxygen atoms in total. The fourth-order valence-electron chi connectivity index (χ4n) is 1.21. The Morgan fingerprint density at radius 2 is 1.94 bits per heavy atom. The van der Waals surface area contributed by atoms with Crippen molar-refractivity contribution < 1.29 is 24.2 Å². The number of aliphatic hydroxyl groups excluding tert-OH is 1. The van der Waals surface area contributed by atoms with Gasteiger partial charge in [0.05, 0.1) is 19.3 Å². The Kier molecular flexibility index (Phi) is 7.35. The van der Waals surface area contributed by atoms with E-state index < -0.39 is 17.7 Å². The molecule has 0 heterocycles. The normalized spacial score (nSPS) is 12.7. The molecule has 18 heavy (non-hydrogen) atoms. The Labute approximate surface area is 108 Å². The van der Waals surface area contributed by atoms with E-state index in [1.807, 2.05) is 0 Å². The fraction of sp³-hybridized carbons (Fsp3) is 0.833. The van der Waals surface area contributed by atoms with Crippen LogP contribution in [0.2, 0.25) is 0 Å². The molecule has 0 spiro atoms. The van der Waals surface area contributed by atoms with Gasteiger partial charge >= 0.3 is 12.1 Å². The SMILES string of the molecule is CCOC(=O)CCC(CO)NC(=O)OC(C)(C)C. The minimum atomic E-state index is -0.606. The van der Waals surface area contributed by atoms with Crippen LogP contribution < -0.4 is 5.32 Å². The summed E-state index contributed by atoms with van der Waals surface area (Å²) in [7, 11) is 0. The lowest BCUT2D eigenvalue weighted by Gasteiger charge is -2.22. The number of nitrogens with one attached hydrogen (secondary N) is 1. The third kappa shape index (κ3) is 8.81. The molecule has 0 radical (unpaired) electrons.